The number of hydrogen-bond donors (Lipinski definition) is 1. The molecule has 0 saturated heterocycles. The lowest BCUT2D eigenvalue weighted by Gasteiger charge is -2.12. The highest BCUT2D eigenvalue weighted by Crippen LogP contribution is 1.95. The maximum Gasteiger partial charge on any atom is 0.194 e. The van der Waals surface area contributed by atoms with E-state index >= 15 is 0 Å². The van der Waals surface area contributed by atoms with E-state index in [1.54, 1.807) is 18.5 Å². The maximum atomic E-state index is 4.28. The van der Waals surface area contributed by atoms with Crippen molar-refractivity contribution in [3.8, 4) is 0 Å². The maximum absolute atomic E-state index is 4.28. The monoisotopic (exact) mass is 162 g/mol. The third-order valence-electron chi connectivity index (χ3n) is 1.67. The zero-order chi connectivity index (χ0) is 8.23. The van der Waals surface area contributed by atoms with Crippen molar-refractivity contribution in [3.63, 3.8) is 0 Å². The Morgan fingerprint density at radius 1 is 1.25 bits per heavy atom. The van der Waals surface area contributed by atoms with Crippen LogP contribution in [0.25, 0.3) is 0 Å². The summed E-state index contributed by atoms with van der Waals surface area (Å²) >= 11 is 0. The van der Waals surface area contributed by atoms with Gasteiger partial charge in [0.05, 0.1) is 0 Å². The summed E-state index contributed by atoms with van der Waals surface area (Å²) in [5, 5.41) is 3.16. The molecule has 0 radical (unpaired) electrons. The molecule has 4 heteroatoms. The molecule has 1 N–H and O–H groups in total. The van der Waals surface area contributed by atoms with Crippen molar-refractivity contribution in [2.75, 3.05) is 13.1 Å². The average Bonchev–Trinajstić information content (AvgIpc) is 2.21. The normalized spacial score (nSPS) is 16.5. The van der Waals surface area contributed by atoms with Gasteiger partial charge in [-0.05, 0) is 12.5 Å². The van der Waals surface area contributed by atoms with Crippen LogP contribution < -0.4 is 5.32 Å². The van der Waals surface area contributed by atoms with Gasteiger partial charge in [0, 0.05) is 25.5 Å². The van der Waals surface area contributed by atoms with E-state index in [1.165, 1.54) is 0 Å². The molecule has 1 aliphatic heterocycles. The standard InChI is InChI=1S/C8H10N4/c1-3-9-7(10-4-1)8-11-5-2-6-12-8/h1,3-4H,2,5-6H2,(H,11,12). The Kier molecular flexibility index (Phi) is 1.98. The fourth-order valence-corrected chi connectivity index (χ4v) is 1.10. The molecule has 0 fully saturated rings. The highest BCUT2D eigenvalue weighted by Gasteiger charge is 2.07. The van der Waals surface area contributed by atoms with Crippen LogP contribution in [0, 0.1) is 0 Å². The number of rotatable bonds is 1. The van der Waals surface area contributed by atoms with Crippen LogP contribution in [0.4, 0.5) is 0 Å². The lowest BCUT2D eigenvalue weighted by Crippen LogP contribution is -2.31. The molecular formula is C8H10N4. The summed E-state index contributed by atoms with van der Waals surface area (Å²) in [4.78, 5) is 12.5. The van der Waals surface area contributed by atoms with Crippen molar-refractivity contribution < 1.29 is 0 Å². The zero-order valence-electron chi connectivity index (χ0n) is 6.70. The minimum atomic E-state index is 0.692. The van der Waals surface area contributed by atoms with Gasteiger partial charge in [-0.3, -0.25) is 4.99 Å². The van der Waals surface area contributed by atoms with Gasteiger partial charge < -0.3 is 5.32 Å². The number of amidine groups is 1. The van der Waals surface area contributed by atoms with Gasteiger partial charge in [0.2, 0.25) is 0 Å². The van der Waals surface area contributed by atoms with Crippen LogP contribution in [0.3, 0.4) is 0 Å². The van der Waals surface area contributed by atoms with Crippen molar-refractivity contribution in [3.05, 3.63) is 24.3 Å². The Hall–Kier alpha value is -1.45. The first-order valence-electron chi connectivity index (χ1n) is 4.02. The highest BCUT2D eigenvalue weighted by molar-refractivity contribution is 5.95. The second kappa shape index (κ2) is 3.30. The van der Waals surface area contributed by atoms with Crippen LogP contribution in [0.2, 0.25) is 0 Å². The van der Waals surface area contributed by atoms with E-state index in [-0.39, 0.29) is 0 Å². The molecule has 1 aliphatic rings. The Balaban J connectivity index is 2.24. The number of nitrogens with one attached hydrogen (secondary N) is 1. The van der Waals surface area contributed by atoms with Gasteiger partial charge >= 0.3 is 0 Å². The van der Waals surface area contributed by atoms with E-state index in [4.69, 9.17) is 0 Å². The molecule has 4 nitrogen and oxygen atoms in total. The van der Waals surface area contributed by atoms with Crippen LogP contribution in [0.1, 0.15) is 12.2 Å². The van der Waals surface area contributed by atoms with E-state index in [0.29, 0.717) is 5.82 Å². The molecule has 0 aromatic carbocycles. The Morgan fingerprint density at radius 2 is 2.08 bits per heavy atom. The number of hydrogen-bond acceptors (Lipinski definition) is 4. The van der Waals surface area contributed by atoms with Crippen LogP contribution in [-0.2, 0) is 0 Å². The Bertz CT molecular complexity index is 280. The van der Waals surface area contributed by atoms with E-state index in [1.807, 2.05) is 0 Å². The van der Waals surface area contributed by atoms with Crippen molar-refractivity contribution in [2.45, 2.75) is 6.42 Å². The Morgan fingerprint density at radius 3 is 2.75 bits per heavy atom. The third kappa shape index (κ3) is 1.42. The van der Waals surface area contributed by atoms with Crippen molar-refractivity contribution >= 4 is 5.84 Å². The highest BCUT2D eigenvalue weighted by atomic mass is 15.1. The molecule has 0 unspecified atom stereocenters. The summed E-state index contributed by atoms with van der Waals surface area (Å²) in [6.07, 6.45) is 4.54. The quantitative estimate of drug-likeness (QED) is 0.642. The topological polar surface area (TPSA) is 50.2 Å². The molecule has 1 aromatic heterocycles. The molecule has 12 heavy (non-hydrogen) atoms. The molecule has 62 valence electrons. The largest absolute Gasteiger partial charge is 0.367 e. The second-order valence-electron chi connectivity index (χ2n) is 2.58. The first-order chi connectivity index (χ1) is 5.97. The molecule has 0 spiro atoms. The predicted molar refractivity (Wildman–Crippen MR) is 46.1 cm³/mol. The van der Waals surface area contributed by atoms with Crippen LogP contribution >= 0.6 is 0 Å². The van der Waals surface area contributed by atoms with Crippen molar-refractivity contribution in [2.24, 2.45) is 4.99 Å². The molecular weight excluding hydrogens is 152 g/mol. The number of nitrogens with zero attached hydrogens (tertiary/aromatic N) is 3. The fraction of sp³-hybridized carbons (Fsp3) is 0.375. The van der Waals surface area contributed by atoms with Gasteiger partial charge in [-0.15, -0.1) is 0 Å². The molecule has 0 saturated carbocycles. The van der Waals surface area contributed by atoms with Crippen LogP contribution in [0.5, 0.6) is 0 Å². The summed E-state index contributed by atoms with van der Waals surface area (Å²) in [6.45, 7) is 1.84. The Labute approximate surface area is 70.8 Å². The van der Waals surface area contributed by atoms with Gasteiger partial charge in [0.1, 0.15) is 0 Å². The van der Waals surface area contributed by atoms with Crippen molar-refractivity contribution in [1.29, 1.82) is 0 Å². The SMILES string of the molecule is c1cnc(C2=NCCCN2)nc1. The minimum Gasteiger partial charge on any atom is -0.367 e. The second-order valence-corrected chi connectivity index (χ2v) is 2.58. The van der Waals surface area contributed by atoms with E-state index in [9.17, 15) is 0 Å². The van der Waals surface area contributed by atoms with Gasteiger partial charge in [-0.2, -0.15) is 0 Å². The smallest absolute Gasteiger partial charge is 0.194 e. The van der Waals surface area contributed by atoms with Gasteiger partial charge in [-0.1, -0.05) is 0 Å². The average molecular weight is 162 g/mol. The number of aliphatic imine (C=N–C) groups is 1. The predicted octanol–water partition coefficient (Wildman–Crippen LogP) is 0.216. The molecule has 0 amide bonds. The van der Waals surface area contributed by atoms with Gasteiger partial charge in [0.15, 0.2) is 11.7 Å². The van der Waals surface area contributed by atoms with Crippen LogP contribution in [0.15, 0.2) is 23.5 Å². The molecule has 2 heterocycles. The lowest BCUT2D eigenvalue weighted by atomic mass is 10.3. The van der Waals surface area contributed by atoms with Gasteiger partial charge in [-0.25, -0.2) is 9.97 Å². The minimum absolute atomic E-state index is 0.692. The molecule has 1 aromatic rings. The molecule has 0 atom stereocenters. The third-order valence-corrected chi connectivity index (χ3v) is 1.67. The fourth-order valence-electron chi connectivity index (χ4n) is 1.10. The van der Waals surface area contributed by atoms with E-state index < -0.39 is 0 Å². The summed E-state index contributed by atoms with van der Waals surface area (Å²) in [5.41, 5.74) is 0. The summed E-state index contributed by atoms with van der Waals surface area (Å²) in [6, 6.07) is 1.80. The first-order valence-corrected chi connectivity index (χ1v) is 4.02. The van der Waals surface area contributed by atoms with Gasteiger partial charge in [0.25, 0.3) is 0 Å². The molecule has 0 bridgehead atoms. The van der Waals surface area contributed by atoms with Crippen molar-refractivity contribution in [1.82, 2.24) is 15.3 Å². The number of aromatic nitrogens is 2. The zero-order valence-corrected chi connectivity index (χ0v) is 6.70. The first kappa shape index (κ1) is 7.21. The summed E-state index contributed by atoms with van der Waals surface area (Å²) < 4.78 is 0. The summed E-state index contributed by atoms with van der Waals surface area (Å²) in [7, 11) is 0. The molecule has 0 aliphatic carbocycles. The van der Waals surface area contributed by atoms with Crippen LogP contribution in [-0.4, -0.2) is 28.9 Å². The molecule has 2 rings (SSSR count). The van der Waals surface area contributed by atoms with E-state index in [2.05, 4.69) is 20.3 Å². The lowest BCUT2D eigenvalue weighted by molar-refractivity contribution is 0.737. The summed E-state index contributed by atoms with van der Waals surface area (Å²) in [5.74, 6) is 1.51. The van der Waals surface area contributed by atoms with E-state index in [0.717, 1.165) is 25.3 Å².